The largest absolute Gasteiger partial charge is 4.00 e. The van der Waals surface area contributed by atoms with Gasteiger partial charge in [0.2, 0.25) is 0 Å². The molecule has 0 rings (SSSR count). The summed E-state index contributed by atoms with van der Waals surface area (Å²) in [4.78, 5) is 40.4. The zero-order valence-corrected chi connectivity index (χ0v) is 40.9. The third-order valence-electron chi connectivity index (χ3n) is 9.94. The van der Waals surface area contributed by atoms with Gasteiger partial charge in [-0.2, -0.15) is 0 Å². The maximum atomic E-state index is 10.1. The molecule has 0 heterocycles. The van der Waals surface area contributed by atoms with E-state index in [1.54, 1.807) is 0 Å². The molecule has 338 valence electrons. The fourth-order valence-corrected chi connectivity index (χ4v) is 6.32. The Hall–Kier alpha value is -1.43. The Balaban J connectivity index is -0.000000210. The Kier molecular flexibility index (Phi) is 69.5. The monoisotopic (exact) mass is 981 g/mol. The van der Waals surface area contributed by atoms with E-state index in [1.807, 2.05) is 0 Å². The van der Waals surface area contributed by atoms with Crippen LogP contribution in [-0.2, 0) is 40.2 Å². The molecule has 0 saturated heterocycles. The number of carboxylic acids is 4. The van der Waals surface area contributed by atoms with Crippen molar-refractivity contribution in [3.05, 3.63) is 0 Å². The molecular formula is C48H92O8W. The molecular weight excluding hydrogens is 888 g/mol. The van der Waals surface area contributed by atoms with E-state index in [0.717, 1.165) is 51.4 Å². The van der Waals surface area contributed by atoms with Crippen LogP contribution in [0.15, 0.2) is 0 Å². The summed E-state index contributed by atoms with van der Waals surface area (Å²) in [6, 6.07) is 0. The first-order chi connectivity index (χ1) is 27.1. The Morgan fingerprint density at radius 3 is 0.439 bits per heavy atom. The fourth-order valence-electron chi connectivity index (χ4n) is 6.32. The molecule has 0 unspecified atom stereocenters. The summed E-state index contributed by atoms with van der Waals surface area (Å²) in [6.07, 6.45) is 44.7. The third-order valence-corrected chi connectivity index (χ3v) is 9.94. The summed E-state index contributed by atoms with van der Waals surface area (Å²) < 4.78 is 0. The Morgan fingerprint density at radius 1 is 0.228 bits per heavy atom. The maximum absolute atomic E-state index is 10.1. The summed E-state index contributed by atoms with van der Waals surface area (Å²) in [5, 5.41) is 40.4. The number of hydrogen-bond acceptors (Lipinski definition) is 8. The Morgan fingerprint density at radius 2 is 0.333 bits per heavy atom. The summed E-state index contributed by atoms with van der Waals surface area (Å²) in [7, 11) is 0. The van der Waals surface area contributed by atoms with E-state index in [4.69, 9.17) is 0 Å². The molecule has 0 N–H and O–H groups in total. The van der Waals surface area contributed by atoms with Crippen molar-refractivity contribution in [2.45, 2.75) is 285 Å². The van der Waals surface area contributed by atoms with Gasteiger partial charge in [0.05, 0.1) is 0 Å². The first-order valence-corrected chi connectivity index (χ1v) is 23.9. The van der Waals surface area contributed by atoms with E-state index in [-0.39, 0.29) is 46.7 Å². The van der Waals surface area contributed by atoms with Gasteiger partial charge in [-0.25, -0.2) is 0 Å². The van der Waals surface area contributed by atoms with Crippen molar-refractivity contribution in [3.8, 4) is 0 Å². The molecule has 0 radical (unpaired) electrons. The molecule has 0 fully saturated rings. The van der Waals surface area contributed by atoms with Crippen molar-refractivity contribution in [2.75, 3.05) is 0 Å². The van der Waals surface area contributed by atoms with Crippen LogP contribution in [0.2, 0.25) is 0 Å². The molecule has 0 spiro atoms. The van der Waals surface area contributed by atoms with Crippen LogP contribution in [0.5, 0.6) is 0 Å². The van der Waals surface area contributed by atoms with Crippen molar-refractivity contribution < 1.29 is 60.7 Å². The minimum Gasteiger partial charge on any atom is -0.550 e. The van der Waals surface area contributed by atoms with Crippen LogP contribution in [-0.4, -0.2) is 23.9 Å². The molecule has 0 amide bonds. The van der Waals surface area contributed by atoms with Crippen LogP contribution in [0, 0.1) is 0 Å². The minimum atomic E-state index is -0.909. The van der Waals surface area contributed by atoms with Gasteiger partial charge in [-0.05, 0) is 51.4 Å². The average molecular weight is 981 g/mol. The van der Waals surface area contributed by atoms with Gasteiger partial charge in [0.15, 0.2) is 0 Å². The van der Waals surface area contributed by atoms with Crippen molar-refractivity contribution in [1.29, 1.82) is 0 Å². The van der Waals surface area contributed by atoms with Gasteiger partial charge in [-0.1, -0.05) is 233 Å². The SMILES string of the molecule is CCCCCCCCCCCC(=O)[O-].CCCCCCCCCCCC(=O)[O-].CCCCCCCCCCCC(=O)[O-].CCCCCCCCCCCC(=O)[O-].[W+4]. The van der Waals surface area contributed by atoms with E-state index in [1.165, 1.54) is 180 Å². The van der Waals surface area contributed by atoms with Gasteiger partial charge in [0, 0.05) is 23.9 Å². The van der Waals surface area contributed by atoms with Gasteiger partial charge in [0.25, 0.3) is 0 Å². The first kappa shape index (κ1) is 64.7. The minimum absolute atomic E-state index is 0. The maximum Gasteiger partial charge on any atom is 4.00 e. The van der Waals surface area contributed by atoms with Gasteiger partial charge in [-0.15, -0.1) is 0 Å². The average Bonchev–Trinajstić information content (AvgIpc) is 3.15. The van der Waals surface area contributed by atoms with E-state index >= 15 is 0 Å². The number of rotatable bonds is 40. The Bertz CT molecular complexity index is 664. The molecule has 0 aliphatic heterocycles. The molecule has 0 aromatic carbocycles. The van der Waals surface area contributed by atoms with Crippen LogP contribution in [0.25, 0.3) is 0 Å². The second kappa shape index (κ2) is 61.2. The van der Waals surface area contributed by atoms with Crippen molar-refractivity contribution in [2.24, 2.45) is 0 Å². The van der Waals surface area contributed by atoms with Gasteiger partial charge in [-0.3, -0.25) is 0 Å². The number of aliphatic carboxylic acids is 4. The third kappa shape index (κ3) is 83.2. The predicted molar refractivity (Wildman–Crippen MR) is 227 cm³/mol. The van der Waals surface area contributed by atoms with Gasteiger partial charge in [0.1, 0.15) is 0 Å². The summed E-state index contributed by atoms with van der Waals surface area (Å²) in [6.45, 7) is 8.89. The molecule has 0 atom stereocenters. The van der Waals surface area contributed by atoms with Crippen molar-refractivity contribution in [1.82, 2.24) is 0 Å². The van der Waals surface area contributed by atoms with Crippen molar-refractivity contribution >= 4 is 23.9 Å². The molecule has 8 nitrogen and oxygen atoms in total. The molecule has 0 saturated carbocycles. The first-order valence-electron chi connectivity index (χ1n) is 23.9. The number of carbonyl (C=O) groups excluding carboxylic acids is 4. The standard InChI is InChI=1S/4C12H24O2.W/c4*1-2-3-4-5-6-7-8-9-10-11-12(13)14;/h4*2-11H2,1H3,(H,13,14);/q;;;;+4/p-4. The second-order valence-electron chi connectivity index (χ2n) is 15.8. The van der Waals surface area contributed by atoms with E-state index < -0.39 is 23.9 Å². The van der Waals surface area contributed by atoms with Crippen molar-refractivity contribution in [3.63, 3.8) is 0 Å². The molecule has 0 aromatic heterocycles. The van der Waals surface area contributed by atoms with Crippen LogP contribution in [0.4, 0.5) is 0 Å². The molecule has 57 heavy (non-hydrogen) atoms. The molecule has 0 aliphatic rings. The van der Waals surface area contributed by atoms with Crippen LogP contribution < -0.4 is 20.4 Å². The van der Waals surface area contributed by atoms with E-state index in [2.05, 4.69) is 27.7 Å². The molecule has 0 bridgehead atoms. The van der Waals surface area contributed by atoms with Gasteiger partial charge < -0.3 is 39.6 Å². The Labute approximate surface area is 367 Å². The van der Waals surface area contributed by atoms with Gasteiger partial charge >= 0.3 is 21.1 Å². The zero-order valence-electron chi connectivity index (χ0n) is 38.0. The number of unbranched alkanes of at least 4 members (excludes halogenated alkanes) is 32. The fraction of sp³-hybridized carbons (Fsp3) is 0.917. The van der Waals surface area contributed by atoms with E-state index in [9.17, 15) is 39.6 Å². The quantitative estimate of drug-likeness (QED) is 0.0548. The predicted octanol–water partition coefficient (Wildman–Crippen LogP) is 10.6. The topological polar surface area (TPSA) is 161 Å². The molecule has 9 heteroatoms. The molecule has 0 aromatic rings. The second-order valence-corrected chi connectivity index (χ2v) is 15.8. The molecule has 0 aliphatic carbocycles. The summed E-state index contributed by atoms with van der Waals surface area (Å²) in [5.41, 5.74) is 0. The number of carboxylic acid groups (broad SMARTS) is 4. The summed E-state index contributed by atoms with van der Waals surface area (Å²) in [5.74, 6) is -3.64. The van der Waals surface area contributed by atoms with Crippen LogP contribution in [0.3, 0.4) is 0 Å². The smallest absolute Gasteiger partial charge is 0.550 e. The van der Waals surface area contributed by atoms with E-state index in [0.29, 0.717) is 0 Å². The normalized spacial score (nSPS) is 10.2. The summed E-state index contributed by atoms with van der Waals surface area (Å²) >= 11 is 0. The number of carbonyl (C=O) groups is 4. The van der Waals surface area contributed by atoms with Crippen LogP contribution >= 0.6 is 0 Å². The zero-order chi connectivity index (χ0) is 42.6. The number of hydrogen-bond donors (Lipinski definition) is 0. The van der Waals surface area contributed by atoms with Crippen LogP contribution in [0.1, 0.15) is 285 Å².